The number of rotatable bonds is 0. The van der Waals surface area contributed by atoms with Crippen molar-refractivity contribution in [3.8, 4) is 0 Å². The van der Waals surface area contributed by atoms with Crippen molar-refractivity contribution in [2.24, 2.45) is 0 Å². The SMILES string of the molecule is C[C@@H]1SCc2[nH]nc(N)c21. The Morgan fingerprint density at radius 3 is 3.30 bits per heavy atom. The summed E-state index contributed by atoms with van der Waals surface area (Å²) in [6, 6.07) is 0. The van der Waals surface area contributed by atoms with Gasteiger partial charge in [-0.15, -0.1) is 11.8 Å². The normalized spacial score (nSPS) is 23.1. The first-order valence-corrected chi connectivity index (χ1v) is 4.28. The van der Waals surface area contributed by atoms with Crippen molar-refractivity contribution in [3.05, 3.63) is 11.3 Å². The van der Waals surface area contributed by atoms with E-state index in [4.69, 9.17) is 5.73 Å². The van der Waals surface area contributed by atoms with Crippen LogP contribution in [-0.4, -0.2) is 10.2 Å². The maximum atomic E-state index is 5.63. The van der Waals surface area contributed by atoms with Crippen LogP contribution < -0.4 is 5.73 Å². The van der Waals surface area contributed by atoms with Crippen LogP contribution >= 0.6 is 11.8 Å². The van der Waals surface area contributed by atoms with Crippen LogP contribution in [0.25, 0.3) is 0 Å². The molecular formula is C6H9N3S. The van der Waals surface area contributed by atoms with Crippen LogP contribution in [0.5, 0.6) is 0 Å². The monoisotopic (exact) mass is 155 g/mol. The van der Waals surface area contributed by atoms with E-state index in [0.717, 1.165) is 5.75 Å². The van der Waals surface area contributed by atoms with Crippen molar-refractivity contribution in [1.82, 2.24) is 10.2 Å². The number of fused-ring (bicyclic) bond motifs is 1. The molecule has 0 aliphatic carbocycles. The highest BCUT2D eigenvalue weighted by molar-refractivity contribution is 7.99. The molecule has 4 heteroatoms. The minimum atomic E-state index is 0.522. The van der Waals surface area contributed by atoms with Gasteiger partial charge in [-0.2, -0.15) is 5.10 Å². The number of nitrogen functional groups attached to an aromatic ring is 1. The number of nitrogens with two attached hydrogens (primary N) is 1. The van der Waals surface area contributed by atoms with E-state index >= 15 is 0 Å². The molecule has 2 heterocycles. The fourth-order valence-electron chi connectivity index (χ4n) is 1.26. The van der Waals surface area contributed by atoms with Crippen LogP contribution in [0, 0.1) is 0 Å². The Labute approximate surface area is 63.4 Å². The number of hydrogen-bond donors (Lipinski definition) is 2. The quantitative estimate of drug-likeness (QED) is 0.593. The summed E-state index contributed by atoms with van der Waals surface area (Å²) >= 11 is 1.90. The third-order valence-corrected chi connectivity index (χ3v) is 2.99. The zero-order valence-corrected chi connectivity index (χ0v) is 6.53. The highest BCUT2D eigenvalue weighted by Gasteiger charge is 2.23. The molecule has 0 aromatic carbocycles. The summed E-state index contributed by atoms with van der Waals surface area (Å²) < 4.78 is 0. The molecule has 3 N–H and O–H groups in total. The van der Waals surface area contributed by atoms with Crippen molar-refractivity contribution in [2.75, 3.05) is 5.73 Å². The maximum absolute atomic E-state index is 5.63. The molecular weight excluding hydrogens is 146 g/mol. The number of nitrogens with one attached hydrogen (secondary N) is 1. The summed E-state index contributed by atoms with van der Waals surface area (Å²) in [7, 11) is 0. The molecule has 0 saturated carbocycles. The van der Waals surface area contributed by atoms with Crippen molar-refractivity contribution < 1.29 is 0 Å². The summed E-state index contributed by atoms with van der Waals surface area (Å²) in [5, 5.41) is 7.37. The van der Waals surface area contributed by atoms with Crippen LogP contribution in [0.4, 0.5) is 5.82 Å². The first kappa shape index (κ1) is 6.09. The lowest BCUT2D eigenvalue weighted by atomic mass is 10.2. The average Bonchev–Trinajstić information content (AvgIpc) is 2.40. The Balaban J connectivity index is 2.54. The molecule has 1 aromatic rings. The largest absolute Gasteiger partial charge is 0.382 e. The van der Waals surface area contributed by atoms with Gasteiger partial charge >= 0.3 is 0 Å². The van der Waals surface area contributed by atoms with Gasteiger partial charge in [0.05, 0.1) is 5.69 Å². The third-order valence-electron chi connectivity index (χ3n) is 1.80. The van der Waals surface area contributed by atoms with E-state index < -0.39 is 0 Å². The summed E-state index contributed by atoms with van der Waals surface area (Å²) in [4.78, 5) is 0. The Bertz CT molecular complexity index is 255. The first-order valence-electron chi connectivity index (χ1n) is 3.23. The van der Waals surface area contributed by atoms with Gasteiger partial charge in [0.2, 0.25) is 0 Å². The molecule has 1 aromatic heterocycles. The van der Waals surface area contributed by atoms with Gasteiger partial charge in [0.25, 0.3) is 0 Å². The number of aromatic amines is 1. The van der Waals surface area contributed by atoms with Gasteiger partial charge in [-0.1, -0.05) is 0 Å². The van der Waals surface area contributed by atoms with Crippen LogP contribution in [0.15, 0.2) is 0 Å². The van der Waals surface area contributed by atoms with E-state index in [2.05, 4.69) is 17.1 Å². The van der Waals surface area contributed by atoms with E-state index in [0.29, 0.717) is 11.1 Å². The molecule has 0 spiro atoms. The van der Waals surface area contributed by atoms with Gasteiger partial charge in [0, 0.05) is 16.6 Å². The second kappa shape index (κ2) is 1.92. The highest BCUT2D eigenvalue weighted by atomic mass is 32.2. The maximum Gasteiger partial charge on any atom is 0.149 e. The minimum absolute atomic E-state index is 0.522. The van der Waals surface area contributed by atoms with Gasteiger partial charge in [0.15, 0.2) is 0 Å². The second-order valence-electron chi connectivity index (χ2n) is 2.45. The minimum Gasteiger partial charge on any atom is -0.382 e. The highest BCUT2D eigenvalue weighted by Crippen LogP contribution is 2.42. The fourth-order valence-corrected chi connectivity index (χ4v) is 2.32. The molecule has 0 amide bonds. The molecule has 0 unspecified atom stereocenters. The Hall–Kier alpha value is -0.640. The van der Waals surface area contributed by atoms with Gasteiger partial charge in [-0.25, -0.2) is 0 Å². The van der Waals surface area contributed by atoms with Crippen molar-refractivity contribution >= 4 is 17.6 Å². The summed E-state index contributed by atoms with van der Waals surface area (Å²) in [5.74, 6) is 1.70. The average molecular weight is 155 g/mol. The Kier molecular flexibility index (Phi) is 1.17. The summed E-state index contributed by atoms with van der Waals surface area (Å²) in [6.45, 7) is 2.16. The molecule has 0 bridgehead atoms. The van der Waals surface area contributed by atoms with E-state index in [9.17, 15) is 0 Å². The number of thioether (sulfide) groups is 1. The number of H-pyrrole nitrogens is 1. The molecule has 0 radical (unpaired) electrons. The molecule has 1 atom stereocenters. The lowest BCUT2D eigenvalue weighted by Gasteiger charge is -1.98. The number of aromatic nitrogens is 2. The third kappa shape index (κ3) is 0.653. The zero-order valence-electron chi connectivity index (χ0n) is 5.72. The number of anilines is 1. The number of nitrogens with zero attached hydrogens (tertiary/aromatic N) is 1. The van der Waals surface area contributed by atoms with Gasteiger partial charge in [-0.3, -0.25) is 5.10 Å². The summed E-state index contributed by atoms with van der Waals surface area (Å²) in [5.41, 5.74) is 8.04. The van der Waals surface area contributed by atoms with Crippen molar-refractivity contribution in [1.29, 1.82) is 0 Å². The Morgan fingerprint density at radius 1 is 1.80 bits per heavy atom. The van der Waals surface area contributed by atoms with Crippen LogP contribution in [-0.2, 0) is 5.75 Å². The van der Waals surface area contributed by atoms with Crippen LogP contribution in [0.3, 0.4) is 0 Å². The van der Waals surface area contributed by atoms with Crippen LogP contribution in [0.2, 0.25) is 0 Å². The van der Waals surface area contributed by atoms with Crippen LogP contribution in [0.1, 0.15) is 23.4 Å². The van der Waals surface area contributed by atoms with Gasteiger partial charge < -0.3 is 5.73 Å². The van der Waals surface area contributed by atoms with E-state index in [-0.39, 0.29) is 0 Å². The molecule has 10 heavy (non-hydrogen) atoms. The first-order chi connectivity index (χ1) is 4.79. The fraction of sp³-hybridized carbons (Fsp3) is 0.500. The molecule has 2 rings (SSSR count). The van der Waals surface area contributed by atoms with Crippen molar-refractivity contribution in [2.45, 2.75) is 17.9 Å². The molecule has 54 valence electrons. The molecule has 1 aliphatic rings. The standard InChI is InChI=1S/C6H9N3S/c1-3-5-4(2-10-3)8-9-6(5)7/h3H,2H2,1H3,(H3,7,8,9)/t3-/m0/s1. The summed E-state index contributed by atoms with van der Waals surface area (Å²) in [6.07, 6.45) is 0. The van der Waals surface area contributed by atoms with E-state index in [1.54, 1.807) is 0 Å². The predicted octanol–water partition coefficient (Wildman–Crippen LogP) is 1.30. The lowest BCUT2D eigenvalue weighted by Crippen LogP contribution is -1.90. The van der Waals surface area contributed by atoms with Gasteiger partial charge in [-0.05, 0) is 6.92 Å². The number of hydrogen-bond acceptors (Lipinski definition) is 3. The molecule has 3 nitrogen and oxygen atoms in total. The lowest BCUT2D eigenvalue weighted by molar-refractivity contribution is 1.04. The van der Waals surface area contributed by atoms with E-state index in [1.165, 1.54) is 11.3 Å². The zero-order chi connectivity index (χ0) is 7.14. The second-order valence-corrected chi connectivity index (χ2v) is 3.78. The molecule has 0 fully saturated rings. The molecule has 1 aliphatic heterocycles. The Morgan fingerprint density at radius 2 is 2.60 bits per heavy atom. The van der Waals surface area contributed by atoms with Crippen molar-refractivity contribution in [3.63, 3.8) is 0 Å². The topological polar surface area (TPSA) is 54.7 Å². The van der Waals surface area contributed by atoms with Gasteiger partial charge in [0.1, 0.15) is 5.82 Å². The predicted molar refractivity (Wildman–Crippen MR) is 42.7 cm³/mol. The molecule has 0 saturated heterocycles. The van der Waals surface area contributed by atoms with E-state index in [1.807, 2.05) is 11.8 Å². The smallest absolute Gasteiger partial charge is 0.149 e.